The molecule has 6 nitrogen and oxygen atoms in total. The average molecular weight is 458 g/mol. The summed E-state index contributed by atoms with van der Waals surface area (Å²) in [5, 5.41) is 16.8. The first-order valence-electron chi connectivity index (χ1n) is 12.4. The predicted molar refractivity (Wildman–Crippen MR) is 132 cm³/mol. The van der Waals surface area contributed by atoms with E-state index >= 15 is 0 Å². The molecule has 0 N–H and O–H groups in total. The fourth-order valence-electron chi connectivity index (χ4n) is 4.87. The van der Waals surface area contributed by atoms with Gasteiger partial charge in [0.1, 0.15) is 6.07 Å². The van der Waals surface area contributed by atoms with Crippen molar-refractivity contribution < 1.29 is 14.2 Å². The van der Waals surface area contributed by atoms with Gasteiger partial charge in [-0.3, -0.25) is 0 Å². The van der Waals surface area contributed by atoms with E-state index in [1.807, 2.05) is 28.9 Å². The van der Waals surface area contributed by atoms with Crippen molar-refractivity contribution >= 4 is 16.8 Å². The molecule has 0 radical (unpaired) electrons. The summed E-state index contributed by atoms with van der Waals surface area (Å²) in [6.07, 6.45) is 13.0. The number of hydrogen-bond acceptors (Lipinski definition) is 5. The monoisotopic (exact) mass is 457 g/mol. The van der Waals surface area contributed by atoms with Crippen molar-refractivity contribution in [1.29, 1.82) is 5.26 Å². The van der Waals surface area contributed by atoms with Crippen LogP contribution < -0.4 is 0 Å². The lowest BCUT2D eigenvalue weighted by Crippen LogP contribution is -2.22. The van der Waals surface area contributed by atoms with Crippen LogP contribution in [0.3, 0.4) is 0 Å². The van der Waals surface area contributed by atoms with Gasteiger partial charge in [-0.2, -0.15) is 10.4 Å². The van der Waals surface area contributed by atoms with Crippen molar-refractivity contribution in [1.82, 2.24) is 9.78 Å². The molecule has 3 aromatic rings. The Balaban J connectivity index is 1.47. The maximum Gasteiger partial charge on any atom is 0.157 e. The normalized spacial score (nSPS) is 21.1. The van der Waals surface area contributed by atoms with Gasteiger partial charge in [0.15, 0.2) is 12.5 Å². The molecule has 2 saturated heterocycles. The predicted octanol–water partition coefficient (Wildman–Crippen LogP) is 6.22. The average Bonchev–Trinajstić information content (AvgIpc) is 3.38. The minimum absolute atomic E-state index is 0.0755. The van der Waals surface area contributed by atoms with Crippen LogP contribution >= 0.6 is 0 Å². The number of fused-ring (bicyclic) bond motifs is 1. The van der Waals surface area contributed by atoms with Gasteiger partial charge in [-0.05, 0) is 68.0 Å². The van der Waals surface area contributed by atoms with Gasteiger partial charge in [0.2, 0.25) is 0 Å². The number of aromatic nitrogens is 2. The van der Waals surface area contributed by atoms with Crippen LogP contribution in [0.4, 0.5) is 0 Å². The zero-order valence-corrected chi connectivity index (χ0v) is 19.5. The van der Waals surface area contributed by atoms with Crippen molar-refractivity contribution in [2.45, 2.75) is 57.5 Å². The van der Waals surface area contributed by atoms with E-state index < -0.39 is 0 Å². The van der Waals surface area contributed by atoms with Crippen LogP contribution in [0.1, 0.15) is 62.3 Å². The summed E-state index contributed by atoms with van der Waals surface area (Å²) in [6, 6.07) is 14.7. The third kappa shape index (κ3) is 4.92. The maximum atomic E-state index is 10.2. The maximum absolute atomic E-state index is 10.2. The molecule has 2 atom stereocenters. The third-order valence-electron chi connectivity index (χ3n) is 6.57. The highest BCUT2D eigenvalue weighted by atomic mass is 16.7. The summed E-state index contributed by atoms with van der Waals surface area (Å²) in [5.74, 6) is 0. The van der Waals surface area contributed by atoms with Crippen molar-refractivity contribution in [2.75, 3.05) is 19.8 Å². The smallest absolute Gasteiger partial charge is 0.157 e. The highest BCUT2D eigenvalue weighted by Gasteiger charge is 2.23. The van der Waals surface area contributed by atoms with E-state index in [-0.39, 0.29) is 12.5 Å². The molecule has 1 aromatic heterocycles. The number of hydrogen-bond donors (Lipinski definition) is 0. The van der Waals surface area contributed by atoms with E-state index in [1.54, 1.807) is 6.20 Å². The molecular weight excluding hydrogens is 426 g/mol. The highest BCUT2D eigenvalue weighted by Crippen LogP contribution is 2.37. The van der Waals surface area contributed by atoms with Crippen LogP contribution in [0, 0.1) is 11.3 Å². The largest absolute Gasteiger partial charge is 0.356 e. The summed E-state index contributed by atoms with van der Waals surface area (Å²) in [5.41, 5.74) is 3.49. The third-order valence-corrected chi connectivity index (χ3v) is 6.57. The van der Waals surface area contributed by atoms with E-state index in [0.717, 1.165) is 85.8 Å². The Hall–Kier alpha value is -2.98. The molecule has 5 rings (SSSR count). The molecule has 2 unspecified atom stereocenters. The minimum Gasteiger partial charge on any atom is -0.356 e. The lowest BCUT2D eigenvalue weighted by molar-refractivity contribution is -0.161. The van der Waals surface area contributed by atoms with Gasteiger partial charge in [-0.1, -0.05) is 36.4 Å². The van der Waals surface area contributed by atoms with Crippen LogP contribution in [-0.2, 0) is 14.2 Å². The molecule has 176 valence electrons. The van der Waals surface area contributed by atoms with E-state index in [4.69, 9.17) is 14.2 Å². The molecule has 0 saturated carbocycles. The van der Waals surface area contributed by atoms with Crippen LogP contribution in [0.5, 0.6) is 0 Å². The number of benzene rings is 2. The van der Waals surface area contributed by atoms with Crippen LogP contribution in [0.15, 0.2) is 48.7 Å². The van der Waals surface area contributed by atoms with Crippen molar-refractivity contribution in [3.05, 3.63) is 59.8 Å². The number of rotatable bonds is 7. The van der Waals surface area contributed by atoms with E-state index in [2.05, 4.69) is 35.5 Å². The highest BCUT2D eigenvalue weighted by molar-refractivity contribution is 5.97. The molecule has 0 amide bonds. The van der Waals surface area contributed by atoms with Gasteiger partial charge in [-0.15, -0.1) is 0 Å². The van der Waals surface area contributed by atoms with Crippen molar-refractivity contribution in [3.8, 4) is 17.3 Å². The van der Waals surface area contributed by atoms with E-state index in [0.29, 0.717) is 12.2 Å². The second-order valence-corrected chi connectivity index (χ2v) is 8.89. The van der Waals surface area contributed by atoms with Crippen LogP contribution in [0.25, 0.3) is 28.1 Å². The molecule has 0 aliphatic carbocycles. The Morgan fingerprint density at radius 3 is 2.74 bits per heavy atom. The molecule has 6 heteroatoms. The van der Waals surface area contributed by atoms with Crippen LogP contribution in [-0.4, -0.2) is 35.9 Å². The van der Waals surface area contributed by atoms with Gasteiger partial charge in [-0.25, -0.2) is 4.68 Å². The van der Waals surface area contributed by atoms with Crippen molar-refractivity contribution in [3.63, 3.8) is 0 Å². The second kappa shape index (κ2) is 11.0. The quantitative estimate of drug-likeness (QED) is 0.394. The number of nitrogens with zero attached hydrogens (tertiary/aromatic N) is 3. The fourth-order valence-corrected chi connectivity index (χ4v) is 4.87. The van der Waals surface area contributed by atoms with Crippen LogP contribution in [0.2, 0.25) is 0 Å². The molecule has 34 heavy (non-hydrogen) atoms. The summed E-state index contributed by atoms with van der Waals surface area (Å²) in [7, 11) is 0. The molecule has 2 fully saturated rings. The second-order valence-electron chi connectivity index (χ2n) is 8.89. The Labute approximate surface area is 200 Å². The SMILES string of the molecule is N#Cc1c(-c2ccnn2C2CCCCO2)c(/C=C/CCOC2CCCCO2)cc2ccccc12. The van der Waals surface area contributed by atoms with Gasteiger partial charge < -0.3 is 14.2 Å². The summed E-state index contributed by atoms with van der Waals surface area (Å²) < 4.78 is 19.5. The molecular formula is C28H31N3O3. The summed E-state index contributed by atoms with van der Waals surface area (Å²) in [4.78, 5) is 0. The first-order valence-corrected chi connectivity index (χ1v) is 12.4. The van der Waals surface area contributed by atoms with Gasteiger partial charge in [0.25, 0.3) is 0 Å². The fraction of sp³-hybridized carbons (Fsp3) is 0.429. The minimum atomic E-state index is -0.0995. The lowest BCUT2D eigenvalue weighted by atomic mass is 9.92. The summed E-state index contributed by atoms with van der Waals surface area (Å²) >= 11 is 0. The van der Waals surface area contributed by atoms with Gasteiger partial charge in [0, 0.05) is 30.4 Å². The Morgan fingerprint density at radius 1 is 1.09 bits per heavy atom. The van der Waals surface area contributed by atoms with E-state index in [9.17, 15) is 5.26 Å². The molecule has 2 aliphatic rings. The van der Waals surface area contributed by atoms with Gasteiger partial charge in [0.05, 0.1) is 17.9 Å². The Kier molecular flexibility index (Phi) is 7.35. The first-order chi connectivity index (χ1) is 16.8. The zero-order valence-electron chi connectivity index (χ0n) is 19.5. The first kappa shape index (κ1) is 22.8. The number of nitriles is 1. The summed E-state index contributed by atoms with van der Waals surface area (Å²) in [6.45, 7) is 2.14. The molecule has 0 bridgehead atoms. The van der Waals surface area contributed by atoms with E-state index in [1.165, 1.54) is 0 Å². The molecule has 3 heterocycles. The topological polar surface area (TPSA) is 69.3 Å². The standard InChI is InChI=1S/C28H31N3O3/c29-20-24-23-11-2-1-9-21(23)19-22(10-3-6-17-33-27-13-5-8-18-34-27)28(24)25-14-15-30-31(25)26-12-4-7-16-32-26/h1-3,9-11,14-15,19,26-27H,4-8,12-13,16-18H2/b10-3+. The van der Waals surface area contributed by atoms with Crippen molar-refractivity contribution in [2.24, 2.45) is 0 Å². The lowest BCUT2D eigenvalue weighted by Gasteiger charge is -2.25. The Morgan fingerprint density at radius 2 is 1.94 bits per heavy atom. The zero-order chi connectivity index (χ0) is 23.2. The Bertz CT molecular complexity index is 1180. The molecule has 2 aliphatic heterocycles. The molecule has 2 aromatic carbocycles. The van der Waals surface area contributed by atoms with Gasteiger partial charge >= 0.3 is 0 Å². The molecule has 0 spiro atoms. The number of ether oxygens (including phenoxy) is 3.